The highest BCUT2D eigenvalue weighted by Gasteiger charge is 2.23. The number of benzene rings is 2. The summed E-state index contributed by atoms with van der Waals surface area (Å²) in [5, 5.41) is 3.14. The number of aryl methyl sites for hydroxylation is 4. The first kappa shape index (κ1) is 22.8. The minimum Gasteiger partial charge on any atom is -0.354 e. The van der Waals surface area contributed by atoms with Crippen molar-refractivity contribution in [2.75, 3.05) is 36.4 Å². The van der Waals surface area contributed by atoms with Gasteiger partial charge in [0.2, 0.25) is 0 Å². The monoisotopic (exact) mass is 443 g/mol. The van der Waals surface area contributed by atoms with Crippen LogP contribution in [0.15, 0.2) is 48.5 Å². The summed E-state index contributed by atoms with van der Waals surface area (Å²) < 4.78 is 0. The number of hydrogen-bond acceptors (Lipinski definition) is 4. The Bertz CT molecular complexity index is 1110. The van der Waals surface area contributed by atoms with Crippen LogP contribution in [0.2, 0.25) is 0 Å². The molecular weight excluding hydrogens is 410 g/mol. The van der Waals surface area contributed by atoms with E-state index in [1.807, 2.05) is 49.9 Å². The minimum absolute atomic E-state index is 0.0335. The van der Waals surface area contributed by atoms with E-state index in [1.165, 1.54) is 11.1 Å². The molecule has 6 nitrogen and oxygen atoms in total. The molecule has 172 valence electrons. The molecule has 33 heavy (non-hydrogen) atoms. The van der Waals surface area contributed by atoms with Crippen molar-refractivity contribution < 1.29 is 4.79 Å². The van der Waals surface area contributed by atoms with E-state index in [4.69, 9.17) is 4.98 Å². The van der Waals surface area contributed by atoms with Gasteiger partial charge in [-0.3, -0.25) is 0 Å². The molecule has 3 aromatic rings. The zero-order chi connectivity index (χ0) is 23.4. The van der Waals surface area contributed by atoms with Gasteiger partial charge in [-0.1, -0.05) is 48.5 Å². The number of aromatic nitrogens is 2. The van der Waals surface area contributed by atoms with Crippen molar-refractivity contribution in [2.45, 2.75) is 40.5 Å². The smallest absolute Gasteiger partial charge is 0.321 e. The third-order valence-corrected chi connectivity index (χ3v) is 6.32. The molecule has 1 aliphatic rings. The molecule has 4 rings (SSSR count). The van der Waals surface area contributed by atoms with Gasteiger partial charge in [-0.05, 0) is 50.8 Å². The molecule has 1 fully saturated rings. The first-order chi connectivity index (χ1) is 15.9. The van der Waals surface area contributed by atoms with Crippen LogP contribution in [0.25, 0.3) is 0 Å². The number of nitrogens with zero attached hydrogens (tertiary/aromatic N) is 4. The Hall–Kier alpha value is -3.41. The zero-order valence-electron chi connectivity index (χ0n) is 20.1. The van der Waals surface area contributed by atoms with E-state index in [9.17, 15) is 4.79 Å². The molecule has 1 N–H and O–H groups in total. The minimum atomic E-state index is -0.0335. The van der Waals surface area contributed by atoms with Crippen molar-refractivity contribution in [2.24, 2.45) is 0 Å². The number of carbonyl (C=O) groups is 1. The predicted molar refractivity (Wildman–Crippen MR) is 134 cm³/mol. The average molecular weight is 444 g/mol. The molecule has 0 radical (unpaired) electrons. The van der Waals surface area contributed by atoms with E-state index >= 15 is 0 Å². The molecule has 0 atom stereocenters. The first-order valence-electron chi connectivity index (χ1n) is 11.7. The normalized spacial score (nSPS) is 14.2. The van der Waals surface area contributed by atoms with Gasteiger partial charge in [0, 0.05) is 49.5 Å². The topological polar surface area (TPSA) is 61.4 Å². The number of nitrogens with one attached hydrogen (secondary N) is 1. The van der Waals surface area contributed by atoms with Crippen LogP contribution in [0.5, 0.6) is 0 Å². The molecule has 0 spiro atoms. The van der Waals surface area contributed by atoms with E-state index < -0.39 is 0 Å². The molecule has 6 heteroatoms. The number of rotatable bonds is 4. The molecule has 0 saturated carbocycles. The van der Waals surface area contributed by atoms with Crippen LogP contribution in [0, 0.1) is 27.7 Å². The Kier molecular flexibility index (Phi) is 6.92. The van der Waals surface area contributed by atoms with Crippen LogP contribution >= 0.6 is 0 Å². The Morgan fingerprint density at radius 3 is 2.33 bits per heavy atom. The van der Waals surface area contributed by atoms with Crippen LogP contribution in [-0.2, 0) is 6.42 Å². The summed E-state index contributed by atoms with van der Waals surface area (Å²) in [7, 11) is 0. The molecule has 2 amide bonds. The molecule has 1 aliphatic heterocycles. The quantitative estimate of drug-likeness (QED) is 0.613. The second-order valence-corrected chi connectivity index (χ2v) is 8.85. The fourth-order valence-electron chi connectivity index (χ4n) is 4.52. The molecule has 2 aromatic carbocycles. The van der Waals surface area contributed by atoms with E-state index in [-0.39, 0.29) is 6.03 Å². The van der Waals surface area contributed by atoms with Crippen molar-refractivity contribution in [3.63, 3.8) is 0 Å². The number of amides is 2. The third kappa shape index (κ3) is 5.33. The Morgan fingerprint density at radius 1 is 0.879 bits per heavy atom. The van der Waals surface area contributed by atoms with Gasteiger partial charge in [0.05, 0.1) is 0 Å². The lowest BCUT2D eigenvalue weighted by Crippen LogP contribution is -2.38. The molecule has 0 aliphatic carbocycles. The number of hydrogen-bond donors (Lipinski definition) is 1. The van der Waals surface area contributed by atoms with Crippen molar-refractivity contribution >= 4 is 17.5 Å². The first-order valence-corrected chi connectivity index (χ1v) is 11.7. The average Bonchev–Trinajstić information content (AvgIpc) is 3.05. The highest BCUT2D eigenvalue weighted by Crippen LogP contribution is 2.26. The molecule has 0 unspecified atom stereocenters. The van der Waals surface area contributed by atoms with E-state index in [2.05, 4.69) is 46.4 Å². The van der Waals surface area contributed by atoms with E-state index in [0.717, 1.165) is 66.6 Å². The number of anilines is 2. The third-order valence-electron chi connectivity index (χ3n) is 6.32. The molecule has 0 bridgehead atoms. The van der Waals surface area contributed by atoms with Crippen LogP contribution in [0.1, 0.15) is 40.2 Å². The molecular formula is C27H33N5O. The second-order valence-electron chi connectivity index (χ2n) is 8.85. The van der Waals surface area contributed by atoms with Gasteiger partial charge < -0.3 is 15.1 Å². The fraction of sp³-hybridized carbons (Fsp3) is 0.370. The zero-order valence-corrected chi connectivity index (χ0v) is 20.1. The summed E-state index contributed by atoms with van der Waals surface area (Å²) in [4.78, 5) is 26.8. The van der Waals surface area contributed by atoms with Gasteiger partial charge >= 0.3 is 6.03 Å². The van der Waals surface area contributed by atoms with Gasteiger partial charge in [0.15, 0.2) is 0 Å². The maximum atomic E-state index is 13.1. The fourth-order valence-corrected chi connectivity index (χ4v) is 4.52. The highest BCUT2D eigenvalue weighted by atomic mass is 16.2. The van der Waals surface area contributed by atoms with Crippen LogP contribution in [-0.4, -0.2) is 47.1 Å². The summed E-state index contributed by atoms with van der Waals surface area (Å²) in [6, 6.07) is 16.5. The van der Waals surface area contributed by atoms with Crippen molar-refractivity contribution in [1.29, 1.82) is 0 Å². The van der Waals surface area contributed by atoms with Crippen molar-refractivity contribution in [1.82, 2.24) is 14.9 Å². The standard InChI is InChI=1S/C27H33N5O/c1-19-10-8-11-20(2)25(19)30-27(33)32-15-9-14-31(16-17-32)26-24(21(3)28-22(4)29-26)18-23-12-6-5-7-13-23/h5-8,10-13H,9,14-18H2,1-4H3,(H,30,33). The van der Waals surface area contributed by atoms with Gasteiger partial charge in [-0.2, -0.15) is 0 Å². The van der Waals surface area contributed by atoms with Crippen LogP contribution in [0.3, 0.4) is 0 Å². The Labute approximate surface area is 196 Å². The van der Waals surface area contributed by atoms with Crippen LogP contribution < -0.4 is 10.2 Å². The summed E-state index contributed by atoms with van der Waals surface area (Å²) in [5.41, 5.74) is 6.51. The molecule has 2 heterocycles. The summed E-state index contributed by atoms with van der Waals surface area (Å²) in [6.45, 7) is 11.1. The molecule has 1 aromatic heterocycles. The Morgan fingerprint density at radius 2 is 1.61 bits per heavy atom. The Balaban J connectivity index is 1.51. The van der Waals surface area contributed by atoms with Crippen molar-refractivity contribution in [3.05, 3.63) is 82.3 Å². The SMILES string of the molecule is Cc1nc(C)c(Cc2ccccc2)c(N2CCCN(C(=O)Nc3c(C)cccc3C)CC2)n1. The second kappa shape index (κ2) is 10.0. The summed E-state index contributed by atoms with van der Waals surface area (Å²) >= 11 is 0. The lowest BCUT2D eigenvalue weighted by Gasteiger charge is -2.26. The van der Waals surface area contributed by atoms with Gasteiger partial charge in [-0.25, -0.2) is 14.8 Å². The number of urea groups is 1. The van der Waals surface area contributed by atoms with Crippen molar-refractivity contribution in [3.8, 4) is 0 Å². The summed E-state index contributed by atoms with van der Waals surface area (Å²) in [5.74, 6) is 1.79. The van der Waals surface area contributed by atoms with E-state index in [1.54, 1.807) is 0 Å². The maximum Gasteiger partial charge on any atom is 0.321 e. The lowest BCUT2D eigenvalue weighted by atomic mass is 10.0. The number of para-hydroxylation sites is 1. The van der Waals surface area contributed by atoms with Gasteiger partial charge in [0.25, 0.3) is 0 Å². The highest BCUT2D eigenvalue weighted by molar-refractivity contribution is 5.91. The maximum absolute atomic E-state index is 13.1. The van der Waals surface area contributed by atoms with Gasteiger partial charge in [0.1, 0.15) is 11.6 Å². The van der Waals surface area contributed by atoms with Gasteiger partial charge in [-0.15, -0.1) is 0 Å². The summed E-state index contributed by atoms with van der Waals surface area (Å²) in [6.07, 6.45) is 1.70. The largest absolute Gasteiger partial charge is 0.354 e. The number of carbonyl (C=O) groups excluding carboxylic acids is 1. The molecule has 1 saturated heterocycles. The van der Waals surface area contributed by atoms with Crippen LogP contribution in [0.4, 0.5) is 16.3 Å². The lowest BCUT2D eigenvalue weighted by molar-refractivity contribution is 0.215. The predicted octanol–water partition coefficient (Wildman–Crippen LogP) is 5.05. The van der Waals surface area contributed by atoms with E-state index in [0.29, 0.717) is 6.54 Å².